The van der Waals surface area contributed by atoms with E-state index in [0.29, 0.717) is 63.7 Å². The van der Waals surface area contributed by atoms with Crippen LogP contribution >= 0.6 is 23.2 Å². The van der Waals surface area contributed by atoms with Crippen molar-refractivity contribution in [2.24, 2.45) is 0 Å². The Bertz CT molecular complexity index is 1830. The lowest BCUT2D eigenvalue weighted by Gasteiger charge is -2.16. The van der Waals surface area contributed by atoms with Gasteiger partial charge in [0.2, 0.25) is 17.7 Å². The van der Waals surface area contributed by atoms with Crippen LogP contribution in [0.5, 0.6) is 5.88 Å². The molecule has 0 spiro atoms. The van der Waals surface area contributed by atoms with E-state index in [0.717, 1.165) is 28.7 Å². The monoisotopic (exact) mass is 614 g/mol. The maximum atomic E-state index is 11.5. The third-order valence-electron chi connectivity index (χ3n) is 7.21. The maximum Gasteiger partial charge on any atom is 0.222 e. The maximum absolute atomic E-state index is 11.5. The second-order valence-electron chi connectivity index (χ2n) is 10.1. The molecule has 43 heavy (non-hydrogen) atoms. The fraction of sp³-hybridized carbons (Fsp3) is 0.194. The van der Waals surface area contributed by atoms with E-state index in [-0.39, 0.29) is 17.9 Å². The second kappa shape index (κ2) is 12.4. The lowest BCUT2D eigenvalue weighted by atomic mass is 10.00. The Kier molecular flexibility index (Phi) is 8.24. The summed E-state index contributed by atoms with van der Waals surface area (Å²) in [6.45, 7) is 1.23. The Morgan fingerprint density at radius 3 is 2.56 bits per heavy atom. The SMILES string of the molecule is COc1nc(-c2cccc(-c3cccc(Nc4nc(N)nc5cccnc45)c3Cl)c2Cl)ccc1CNC[C@@H]1CCC(=O)N1. The van der Waals surface area contributed by atoms with Gasteiger partial charge in [0.05, 0.1) is 34.1 Å². The number of nitrogen functional groups attached to an aromatic ring is 1. The van der Waals surface area contributed by atoms with E-state index >= 15 is 0 Å². The molecule has 5 aromatic rings. The number of nitrogens with zero attached hydrogens (tertiary/aromatic N) is 4. The third-order valence-corrected chi connectivity index (χ3v) is 8.03. The molecular formula is C31H28Cl2N8O2. The van der Waals surface area contributed by atoms with Gasteiger partial charge in [-0.1, -0.05) is 59.6 Å². The molecule has 1 saturated heterocycles. The molecule has 1 aliphatic heterocycles. The van der Waals surface area contributed by atoms with Gasteiger partial charge < -0.3 is 26.4 Å². The number of anilines is 3. The highest BCUT2D eigenvalue weighted by atomic mass is 35.5. The summed E-state index contributed by atoms with van der Waals surface area (Å²) in [6.07, 6.45) is 3.07. The molecule has 3 aromatic heterocycles. The first-order chi connectivity index (χ1) is 20.9. The number of ether oxygens (including phenoxy) is 1. The molecule has 1 fully saturated rings. The lowest BCUT2D eigenvalue weighted by Crippen LogP contribution is -2.35. The van der Waals surface area contributed by atoms with Gasteiger partial charge in [-0.3, -0.25) is 9.78 Å². The highest BCUT2D eigenvalue weighted by molar-refractivity contribution is 6.39. The van der Waals surface area contributed by atoms with E-state index in [1.54, 1.807) is 19.4 Å². The molecule has 1 atom stereocenters. The van der Waals surface area contributed by atoms with Crippen LogP contribution < -0.4 is 26.4 Å². The number of amides is 1. The number of carbonyl (C=O) groups is 1. The summed E-state index contributed by atoms with van der Waals surface area (Å²) in [7, 11) is 1.59. The zero-order chi connectivity index (χ0) is 29.9. The molecule has 10 nitrogen and oxygen atoms in total. The van der Waals surface area contributed by atoms with Crippen molar-refractivity contribution in [1.29, 1.82) is 0 Å². The van der Waals surface area contributed by atoms with Gasteiger partial charge in [0, 0.05) is 54.0 Å². The van der Waals surface area contributed by atoms with Gasteiger partial charge in [-0.25, -0.2) is 9.97 Å². The molecule has 2 aromatic carbocycles. The molecule has 12 heteroatoms. The van der Waals surface area contributed by atoms with Crippen molar-refractivity contribution in [2.45, 2.75) is 25.4 Å². The standard InChI is InChI=1S/C31H28Cl2N8O2/c1-43-30-17(15-35-16-18-11-13-25(42)37-18)10-12-22(39-30)21-7-2-5-19(26(21)32)20-6-3-8-23(27(20)33)38-29-28-24(9-4-14-36-28)40-31(34)41-29/h2-10,12,14,18,35H,11,13,15-16H2,1H3,(H,37,42)(H3,34,38,40,41)/t18-/m0/s1. The summed E-state index contributed by atoms with van der Waals surface area (Å²) in [5.74, 6) is 1.16. The summed E-state index contributed by atoms with van der Waals surface area (Å²) in [6, 6.07) is 19.0. The number of rotatable bonds is 9. The van der Waals surface area contributed by atoms with Crippen molar-refractivity contribution >= 4 is 57.6 Å². The zero-order valence-corrected chi connectivity index (χ0v) is 24.7. The van der Waals surface area contributed by atoms with E-state index in [1.165, 1.54) is 0 Å². The molecule has 4 heterocycles. The van der Waals surface area contributed by atoms with E-state index in [9.17, 15) is 4.79 Å². The van der Waals surface area contributed by atoms with Crippen molar-refractivity contribution in [3.63, 3.8) is 0 Å². The predicted molar refractivity (Wildman–Crippen MR) is 170 cm³/mol. The van der Waals surface area contributed by atoms with E-state index < -0.39 is 0 Å². The summed E-state index contributed by atoms with van der Waals surface area (Å²) in [5, 5.41) is 10.6. The first kappa shape index (κ1) is 28.6. The molecule has 0 bridgehead atoms. The highest BCUT2D eigenvalue weighted by Crippen LogP contribution is 2.42. The molecule has 1 amide bonds. The van der Waals surface area contributed by atoms with Crippen LogP contribution in [0.3, 0.4) is 0 Å². The fourth-order valence-electron chi connectivity index (χ4n) is 5.12. The van der Waals surface area contributed by atoms with Crippen LogP contribution in [0.15, 0.2) is 66.9 Å². The topological polar surface area (TPSA) is 140 Å². The molecule has 0 saturated carbocycles. The van der Waals surface area contributed by atoms with E-state index in [1.807, 2.05) is 54.6 Å². The molecule has 0 aliphatic carbocycles. The van der Waals surface area contributed by atoms with Crippen LogP contribution in [0.1, 0.15) is 18.4 Å². The minimum absolute atomic E-state index is 0.0978. The Balaban J connectivity index is 1.27. The molecule has 5 N–H and O–H groups in total. The number of halogens is 2. The number of benzene rings is 2. The fourth-order valence-corrected chi connectivity index (χ4v) is 5.72. The number of hydrogen-bond acceptors (Lipinski definition) is 9. The van der Waals surface area contributed by atoms with Crippen LogP contribution in [0, 0.1) is 0 Å². The third kappa shape index (κ3) is 6.03. The molecule has 0 unspecified atom stereocenters. The summed E-state index contributed by atoms with van der Waals surface area (Å²) in [5.41, 5.74) is 11.5. The van der Waals surface area contributed by atoms with Gasteiger partial charge in [0.15, 0.2) is 5.82 Å². The van der Waals surface area contributed by atoms with Crippen molar-refractivity contribution < 1.29 is 9.53 Å². The number of nitrogens with one attached hydrogen (secondary N) is 3. The van der Waals surface area contributed by atoms with Gasteiger partial charge in [-0.2, -0.15) is 4.98 Å². The summed E-state index contributed by atoms with van der Waals surface area (Å²) >= 11 is 14.0. The average molecular weight is 616 g/mol. The Morgan fingerprint density at radius 2 is 1.77 bits per heavy atom. The van der Waals surface area contributed by atoms with Crippen LogP contribution in [0.4, 0.5) is 17.5 Å². The summed E-state index contributed by atoms with van der Waals surface area (Å²) in [4.78, 5) is 29.2. The van der Waals surface area contributed by atoms with E-state index in [4.69, 9.17) is 38.7 Å². The minimum Gasteiger partial charge on any atom is -0.481 e. The van der Waals surface area contributed by atoms with Crippen molar-refractivity contribution in [1.82, 2.24) is 30.6 Å². The van der Waals surface area contributed by atoms with Gasteiger partial charge in [0.25, 0.3) is 0 Å². The zero-order valence-electron chi connectivity index (χ0n) is 23.2. The lowest BCUT2D eigenvalue weighted by molar-refractivity contribution is -0.119. The first-order valence-corrected chi connectivity index (χ1v) is 14.4. The smallest absolute Gasteiger partial charge is 0.222 e. The molecular weight excluding hydrogens is 587 g/mol. The van der Waals surface area contributed by atoms with E-state index in [2.05, 4.69) is 30.9 Å². The van der Waals surface area contributed by atoms with Crippen LogP contribution in [0.25, 0.3) is 33.4 Å². The average Bonchev–Trinajstić information content (AvgIpc) is 3.43. The predicted octanol–water partition coefficient (Wildman–Crippen LogP) is 5.76. The van der Waals surface area contributed by atoms with Gasteiger partial charge in [-0.15, -0.1) is 0 Å². The number of fused-ring (bicyclic) bond motifs is 1. The number of pyridine rings is 2. The summed E-state index contributed by atoms with van der Waals surface area (Å²) < 4.78 is 5.61. The van der Waals surface area contributed by atoms with Gasteiger partial charge in [0.1, 0.15) is 5.52 Å². The number of methoxy groups -OCH3 is 1. The van der Waals surface area contributed by atoms with Crippen molar-refractivity contribution in [2.75, 3.05) is 24.7 Å². The number of hydrogen-bond donors (Lipinski definition) is 4. The van der Waals surface area contributed by atoms with Crippen LogP contribution in [-0.4, -0.2) is 45.5 Å². The highest BCUT2D eigenvalue weighted by Gasteiger charge is 2.21. The van der Waals surface area contributed by atoms with Gasteiger partial charge in [-0.05, 0) is 30.7 Å². The first-order valence-electron chi connectivity index (χ1n) is 13.7. The Hall–Kier alpha value is -4.51. The van der Waals surface area contributed by atoms with Crippen LogP contribution in [-0.2, 0) is 11.3 Å². The largest absolute Gasteiger partial charge is 0.481 e. The molecule has 1 aliphatic rings. The molecule has 0 radical (unpaired) electrons. The van der Waals surface area contributed by atoms with Crippen molar-refractivity contribution in [3.05, 3.63) is 82.5 Å². The second-order valence-corrected chi connectivity index (χ2v) is 10.8. The van der Waals surface area contributed by atoms with Gasteiger partial charge >= 0.3 is 0 Å². The molecule has 218 valence electrons. The van der Waals surface area contributed by atoms with Crippen molar-refractivity contribution in [3.8, 4) is 28.3 Å². The number of carbonyl (C=O) groups excluding carboxylic acids is 1. The minimum atomic E-state index is 0.0978. The normalized spacial score (nSPS) is 14.6. The number of nitrogens with two attached hydrogens (primary N) is 1. The quantitative estimate of drug-likeness (QED) is 0.163. The number of aromatic nitrogens is 4. The Morgan fingerprint density at radius 1 is 0.977 bits per heavy atom. The van der Waals surface area contributed by atoms with Crippen LogP contribution in [0.2, 0.25) is 10.0 Å². The molecule has 6 rings (SSSR count). The Labute approximate surface area is 258 Å².